The van der Waals surface area contributed by atoms with Gasteiger partial charge in [0.15, 0.2) is 0 Å². The van der Waals surface area contributed by atoms with Crippen molar-refractivity contribution in [3.8, 4) is 23.7 Å². The minimum Gasteiger partial charge on any atom is -0.315 e. The van der Waals surface area contributed by atoms with Crippen molar-refractivity contribution in [2.75, 3.05) is 0 Å². The van der Waals surface area contributed by atoms with Crippen LogP contribution in [-0.4, -0.2) is 11.1 Å². The van der Waals surface area contributed by atoms with E-state index in [2.05, 4.69) is 23.7 Å². The van der Waals surface area contributed by atoms with Crippen molar-refractivity contribution >= 4 is 0 Å². The van der Waals surface area contributed by atoms with E-state index in [0.29, 0.717) is 0 Å². The molecule has 0 amide bonds. The van der Waals surface area contributed by atoms with E-state index in [1.807, 2.05) is 27.7 Å². The minimum atomic E-state index is -0.398. The van der Waals surface area contributed by atoms with Gasteiger partial charge in [0, 0.05) is 0 Å². The summed E-state index contributed by atoms with van der Waals surface area (Å²) >= 11 is 0. The van der Waals surface area contributed by atoms with Crippen LogP contribution in [0.2, 0.25) is 0 Å². The Morgan fingerprint density at radius 1 is 0.688 bits per heavy atom. The van der Waals surface area contributed by atoms with Crippen LogP contribution in [0.15, 0.2) is 0 Å². The lowest BCUT2D eigenvalue weighted by molar-refractivity contribution is 0.511. The van der Waals surface area contributed by atoms with Crippen LogP contribution in [0.1, 0.15) is 53.4 Å². The fourth-order valence-corrected chi connectivity index (χ4v) is 1.16. The van der Waals surface area contributed by atoms with Gasteiger partial charge in [-0.25, -0.2) is 0 Å². The van der Waals surface area contributed by atoms with Crippen molar-refractivity contribution in [1.29, 1.82) is 0 Å². The van der Waals surface area contributed by atoms with E-state index < -0.39 is 11.1 Å². The fraction of sp³-hybridized carbons (Fsp3) is 0.714. The molecule has 0 aliphatic rings. The molecule has 0 aliphatic heterocycles. The van der Waals surface area contributed by atoms with Gasteiger partial charge in [0.25, 0.3) is 0 Å². The molecule has 2 heteroatoms. The standard InChI is InChI=1S/C14H24N2/c1-5-13(15,6-2)11-9-10-12-14(16,7-3)8-4/h5-8,15-16H2,1-4H3. The molecule has 0 aromatic rings. The van der Waals surface area contributed by atoms with E-state index in [-0.39, 0.29) is 0 Å². The molecular formula is C14H24N2. The van der Waals surface area contributed by atoms with Crippen LogP contribution in [0.5, 0.6) is 0 Å². The molecule has 0 spiro atoms. The van der Waals surface area contributed by atoms with Crippen molar-refractivity contribution in [3.63, 3.8) is 0 Å². The zero-order valence-corrected chi connectivity index (χ0v) is 11.0. The largest absolute Gasteiger partial charge is 0.315 e. The first-order chi connectivity index (χ1) is 7.45. The minimum absolute atomic E-state index is 0.398. The molecule has 0 aromatic heterocycles. The molecule has 0 heterocycles. The average molecular weight is 220 g/mol. The van der Waals surface area contributed by atoms with Crippen molar-refractivity contribution in [1.82, 2.24) is 0 Å². The number of hydrogen-bond acceptors (Lipinski definition) is 2. The van der Waals surface area contributed by atoms with Crippen LogP contribution in [0.3, 0.4) is 0 Å². The van der Waals surface area contributed by atoms with E-state index in [9.17, 15) is 0 Å². The van der Waals surface area contributed by atoms with Crippen LogP contribution in [0.25, 0.3) is 0 Å². The highest BCUT2D eigenvalue weighted by Gasteiger charge is 2.16. The third-order valence-corrected chi connectivity index (χ3v) is 3.21. The first-order valence-corrected chi connectivity index (χ1v) is 6.07. The van der Waals surface area contributed by atoms with Gasteiger partial charge in [0.2, 0.25) is 0 Å². The molecule has 16 heavy (non-hydrogen) atoms. The van der Waals surface area contributed by atoms with E-state index in [1.54, 1.807) is 0 Å². The second-order valence-corrected chi connectivity index (χ2v) is 4.23. The first-order valence-electron chi connectivity index (χ1n) is 6.07. The second-order valence-electron chi connectivity index (χ2n) is 4.23. The van der Waals surface area contributed by atoms with Gasteiger partial charge in [0.1, 0.15) is 0 Å². The van der Waals surface area contributed by atoms with E-state index in [4.69, 9.17) is 11.5 Å². The van der Waals surface area contributed by atoms with E-state index >= 15 is 0 Å². The van der Waals surface area contributed by atoms with Gasteiger partial charge >= 0.3 is 0 Å². The Labute approximate surface area is 100 Å². The Hall–Kier alpha value is -0.960. The predicted molar refractivity (Wildman–Crippen MR) is 70.6 cm³/mol. The molecule has 0 rings (SSSR count). The van der Waals surface area contributed by atoms with Crippen LogP contribution in [0.4, 0.5) is 0 Å². The summed E-state index contributed by atoms with van der Waals surface area (Å²) in [7, 11) is 0. The second kappa shape index (κ2) is 6.59. The number of hydrogen-bond donors (Lipinski definition) is 2. The van der Waals surface area contributed by atoms with Crippen LogP contribution in [0, 0.1) is 23.7 Å². The molecule has 2 nitrogen and oxygen atoms in total. The first kappa shape index (κ1) is 15.0. The van der Waals surface area contributed by atoms with Crippen molar-refractivity contribution in [3.05, 3.63) is 0 Å². The lowest BCUT2D eigenvalue weighted by atomic mass is 9.94. The molecule has 0 saturated carbocycles. The monoisotopic (exact) mass is 220 g/mol. The zero-order valence-electron chi connectivity index (χ0n) is 11.0. The van der Waals surface area contributed by atoms with Crippen molar-refractivity contribution < 1.29 is 0 Å². The molecule has 0 fully saturated rings. The summed E-state index contributed by atoms with van der Waals surface area (Å²) in [6, 6.07) is 0. The summed E-state index contributed by atoms with van der Waals surface area (Å²) < 4.78 is 0. The summed E-state index contributed by atoms with van der Waals surface area (Å²) in [6.07, 6.45) is 3.36. The van der Waals surface area contributed by atoms with Gasteiger partial charge in [-0.05, 0) is 37.5 Å². The van der Waals surface area contributed by atoms with Crippen molar-refractivity contribution in [2.45, 2.75) is 64.5 Å². The third kappa shape index (κ3) is 4.71. The molecule has 0 unspecified atom stereocenters. The Balaban J connectivity index is 4.68. The smallest absolute Gasteiger partial charge is 0.0780 e. The molecule has 90 valence electrons. The van der Waals surface area contributed by atoms with Crippen molar-refractivity contribution in [2.24, 2.45) is 11.5 Å². The Bertz CT molecular complexity index is 280. The molecular weight excluding hydrogens is 196 g/mol. The predicted octanol–water partition coefficient (Wildman–Crippen LogP) is 2.03. The highest BCUT2D eigenvalue weighted by atomic mass is 14.7. The SMILES string of the molecule is CCC(N)(C#CC#CC(N)(CC)CC)CC. The Morgan fingerprint density at radius 3 is 1.12 bits per heavy atom. The highest BCUT2D eigenvalue weighted by Crippen LogP contribution is 2.09. The highest BCUT2D eigenvalue weighted by molar-refractivity contribution is 5.33. The average Bonchev–Trinajstić information content (AvgIpc) is 2.34. The number of rotatable bonds is 4. The molecule has 0 aliphatic carbocycles. The van der Waals surface area contributed by atoms with E-state index in [1.165, 1.54) is 0 Å². The maximum atomic E-state index is 6.04. The topological polar surface area (TPSA) is 52.0 Å². The molecule has 0 radical (unpaired) electrons. The summed E-state index contributed by atoms with van der Waals surface area (Å²) in [4.78, 5) is 0. The zero-order chi connectivity index (χ0) is 12.7. The quantitative estimate of drug-likeness (QED) is 0.712. The van der Waals surface area contributed by atoms with Gasteiger partial charge < -0.3 is 11.5 Å². The summed E-state index contributed by atoms with van der Waals surface area (Å²) in [5.74, 6) is 11.7. The molecule has 0 bridgehead atoms. The number of nitrogens with two attached hydrogens (primary N) is 2. The molecule has 0 saturated heterocycles. The lowest BCUT2D eigenvalue weighted by Gasteiger charge is -2.18. The molecule has 4 N–H and O–H groups in total. The third-order valence-electron chi connectivity index (χ3n) is 3.21. The summed E-state index contributed by atoms with van der Waals surface area (Å²) in [5.41, 5.74) is 11.3. The van der Waals surface area contributed by atoms with Crippen LogP contribution in [-0.2, 0) is 0 Å². The molecule has 0 aromatic carbocycles. The molecule has 0 atom stereocenters. The van der Waals surface area contributed by atoms with Gasteiger partial charge in [-0.1, -0.05) is 39.5 Å². The van der Waals surface area contributed by atoms with Crippen LogP contribution < -0.4 is 11.5 Å². The maximum absolute atomic E-state index is 6.04. The fourth-order valence-electron chi connectivity index (χ4n) is 1.16. The van der Waals surface area contributed by atoms with Gasteiger partial charge in [-0.15, -0.1) is 0 Å². The Morgan fingerprint density at radius 2 is 0.938 bits per heavy atom. The Kier molecular flexibility index (Phi) is 6.19. The maximum Gasteiger partial charge on any atom is 0.0780 e. The normalized spacial score (nSPS) is 11.1. The van der Waals surface area contributed by atoms with Gasteiger partial charge in [0.05, 0.1) is 11.1 Å². The summed E-state index contributed by atoms with van der Waals surface area (Å²) in [6.45, 7) is 8.15. The summed E-state index contributed by atoms with van der Waals surface area (Å²) in [5, 5.41) is 0. The van der Waals surface area contributed by atoms with Gasteiger partial charge in [-0.2, -0.15) is 0 Å². The van der Waals surface area contributed by atoms with E-state index in [0.717, 1.165) is 25.7 Å². The lowest BCUT2D eigenvalue weighted by Crippen LogP contribution is -2.36. The van der Waals surface area contributed by atoms with Crippen LogP contribution >= 0.6 is 0 Å². The van der Waals surface area contributed by atoms with Gasteiger partial charge in [-0.3, -0.25) is 0 Å².